The first-order valence-corrected chi connectivity index (χ1v) is 6.49. The molecular weight excluding hydrogens is 284 g/mol. The highest BCUT2D eigenvalue weighted by Crippen LogP contribution is 2.19. The number of hydrogen-bond donors (Lipinski definition) is 1. The minimum atomic E-state index is -0.518. The van der Waals surface area contributed by atoms with Gasteiger partial charge in [-0.3, -0.25) is 19.9 Å². The van der Waals surface area contributed by atoms with Crippen molar-refractivity contribution in [1.82, 2.24) is 10.4 Å². The molecule has 0 aliphatic carbocycles. The van der Waals surface area contributed by atoms with Gasteiger partial charge in [-0.15, -0.1) is 0 Å². The Balaban J connectivity index is 2.16. The van der Waals surface area contributed by atoms with E-state index in [0.29, 0.717) is 11.3 Å². The first kappa shape index (κ1) is 15.3. The quantitative estimate of drug-likeness (QED) is 0.532. The highest BCUT2D eigenvalue weighted by atomic mass is 16.6. The second-order valence-electron chi connectivity index (χ2n) is 4.64. The molecule has 0 aliphatic heterocycles. The molecule has 0 fully saturated rings. The van der Waals surface area contributed by atoms with Gasteiger partial charge in [0.2, 0.25) is 0 Å². The van der Waals surface area contributed by atoms with Crippen molar-refractivity contribution in [3.05, 3.63) is 69.5 Å². The number of nitrogens with one attached hydrogen (secondary N) is 1. The van der Waals surface area contributed by atoms with Gasteiger partial charge in [0, 0.05) is 35.2 Å². The first-order chi connectivity index (χ1) is 10.5. The SMILES string of the molecule is CC(=NNC(=O)c1ccc(C)c([N+](=O)[O-])c1)c1cccnc1. The molecule has 1 N–H and O–H groups in total. The maximum absolute atomic E-state index is 12.0. The Bertz CT molecular complexity index is 742. The maximum atomic E-state index is 12.0. The molecule has 0 spiro atoms. The van der Waals surface area contributed by atoms with E-state index >= 15 is 0 Å². The molecule has 1 amide bonds. The number of hydrogen-bond acceptors (Lipinski definition) is 5. The lowest BCUT2D eigenvalue weighted by Gasteiger charge is -2.04. The van der Waals surface area contributed by atoms with E-state index in [4.69, 9.17) is 0 Å². The summed E-state index contributed by atoms with van der Waals surface area (Å²) in [5.74, 6) is -0.508. The van der Waals surface area contributed by atoms with E-state index in [0.717, 1.165) is 5.56 Å². The van der Waals surface area contributed by atoms with Gasteiger partial charge in [0.15, 0.2) is 0 Å². The molecule has 0 atom stereocenters. The fourth-order valence-electron chi connectivity index (χ4n) is 1.79. The molecule has 2 rings (SSSR count). The number of nitro benzene ring substituents is 1. The molecule has 112 valence electrons. The van der Waals surface area contributed by atoms with Crippen LogP contribution in [0.25, 0.3) is 0 Å². The summed E-state index contributed by atoms with van der Waals surface area (Å²) in [5, 5.41) is 14.9. The van der Waals surface area contributed by atoms with Crippen molar-refractivity contribution in [3.8, 4) is 0 Å². The van der Waals surface area contributed by atoms with Crippen molar-refractivity contribution in [1.29, 1.82) is 0 Å². The molecule has 0 saturated heterocycles. The Morgan fingerprint density at radius 2 is 2.09 bits per heavy atom. The molecule has 7 heteroatoms. The zero-order valence-electron chi connectivity index (χ0n) is 12.1. The maximum Gasteiger partial charge on any atom is 0.273 e. The molecule has 2 aromatic rings. The van der Waals surface area contributed by atoms with Gasteiger partial charge in [-0.1, -0.05) is 12.1 Å². The van der Waals surface area contributed by atoms with Gasteiger partial charge in [0.1, 0.15) is 0 Å². The topological polar surface area (TPSA) is 97.5 Å². The average Bonchev–Trinajstić information content (AvgIpc) is 2.53. The molecule has 0 saturated carbocycles. The molecule has 0 aliphatic rings. The summed E-state index contributed by atoms with van der Waals surface area (Å²) in [6, 6.07) is 7.87. The molecular formula is C15H14N4O3. The second-order valence-corrected chi connectivity index (χ2v) is 4.64. The third-order valence-corrected chi connectivity index (χ3v) is 3.07. The lowest BCUT2D eigenvalue weighted by molar-refractivity contribution is -0.385. The minimum Gasteiger partial charge on any atom is -0.267 e. The zero-order chi connectivity index (χ0) is 16.1. The number of aryl methyl sites for hydroxylation is 1. The summed E-state index contributed by atoms with van der Waals surface area (Å²) in [6.45, 7) is 3.35. The van der Waals surface area contributed by atoms with E-state index in [9.17, 15) is 14.9 Å². The monoisotopic (exact) mass is 298 g/mol. The van der Waals surface area contributed by atoms with Gasteiger partial charge >= 0.3 is 0 Å². The third-order valence-electron chi connectivity index (χ3n) is 3.07. The van der Waals surface area contributed by atoms with Crippen LogP contribution in [-0.4, -0.2) is 21.5 Å². The van der Waals surface area contributed by atoms with Crippen molar-refractivity contribution < 1.29 is 9.72 Å². The van der Waals surface area contributed by atoms with Crippen LogP contribution < -0.4 is 5.43 Å². The molecule has 1 heterocycles. The summed E-state index contributed by atoms with van der Waals surface area (Å²) in [6.07, 6.45) is 3.27. The van der Waals surface area contributed by atoms with Crippen LogP contribution in [0.5, 0.6) is 0 Å². The van der Waals surface area contributed by atoms with Gasteiger partial charge in [-0.25, -0.2) is 5.43 Å². The van der Waals surface area contributed by atoms with Crippen molar-refractivity contribution >= 4 is 17.3 Å². The number of hydrazone groups is 1. The Hall–Kier alpha value is -3.09. The van der Waals surface area contributed by atoms with Crippen LogP contribution in [0.1, 0.15) is 28.4 Å². The molecule has 1 aromatic carbocycles. The highest BCUT2D eigenvalue weighted by molar-refractivity contribution is 6.00. The summed E-state index contributed by atoms with van der Waals surface area (Å²) in [5.41, 5.74) is 4.32. The predicted molar refractivity (Wildman–Crippen MR) is 81.7 cm³/mol. The Morgan fingerprint density at radius 3 is 2.73 bits per heavy atom. The summed E-state index contributed by atoms with van der Waals surface area (Å²) in [4.78, 5) is 26.3. The Morgan fingerprint density at radius 1 is 1.32 bits per heavy atom. The average molecular weight is 298 g/mol. The van der Waals surface area contributed by atoms with E-state index < -0.39 is 10.8 Å². The number of amides is 1. The summed E-state index contributed by atoms with van der Waals surface area (Å²) < 4.78 is 0. The number of benzene rings is 1. The van der Waals surface area contributed by atoms with E-state index in [1.165, 1.54) is 18.2 Å². The first-order valence-electron chi connectivity index (χ1n) is 6.49. The second kappa shape index (κ2) is 6.57. The van der Waals surface area contributed by atoms with Crippen molar-refractivity contribution in [2.45, 2.75) is 13.8 Å². The number of carbonyl (C=O) groups excluding carboxylic acids is 1. The lowest BCUT2D eigenvalue weighted by atomic mass is 10.1. The predicted octanol–water partition coefficient (Wildman–Crippen LogP) is 2.45. The number of nitro groups is 1. The number of rotatable bonds is 4. The lowest BCUT2D eigenvalue weighted by Crippen LogP contribution is -2.19. The van der Waals surface area contributed by atoms with E-state index in [2.05, 4.69) is 15.5 Å². The molecule has 1 aromatic heterocycles. The standard InChI is InChI=1S/C15H14N4O3/c1-10-5-6-12(8-14(10)19(21)22)15(20)18-17-11(2)13-4-3-7-16-9-13/h3-9H,1-2H3,(H,18,20). The smallest absolute Gasteiger partial charge is 0.267 e. The third kappa shape index (κ3) is 3.51. The van der Waals surface area contributed by atoms with Crippen LogP contribution in [0.2, 0.25) is 0 Å². The normalized spacial score (nSPS) is 11.1. The Labute approximate surface area is 126 Å². The number of nitrogens with zero attached hydrogens (tertiary/aromatic N) is 3. The summed E-state index contributed by atoms with van der Waals surface area (Å²) >= 11 is 0. The van der Waals surface area contributed by atoms with E-state index in [1.54, 1.807) is 32.3 Å². The largest absolute Gasteiger partial charge is 0.273 e. The van der Waals surface area contributed by atoms with E-state index in [1.807, 2.05) is 6.07 Å². The summed E-state index contributed by atoms with van der Waals surface area (Å²) in [7, 11) is 0. The van der Waals surface area contributed by atoms with Gasteiger partial charge in [0.25, 0.3) is 11.6 Å². The van der Waals surface area contributed by atoms with Crippen LogP contribution in [0.4, 0.5) is 5.69 Å². The molecule has 7 nitrogen and oxygen atoms in total. The number of pyridine rings is 1. The Kier molecular flexibility index (Phi) is 4.57. The molecule has 0 radical (unpaired) electrons. The molecule has 0 bridgehead atoms. The zero-order valence-corrected chi connectivity index (χ0v) is 12.1. The van der Waals surface area contributed by atoms with Crippen molar-refractivity contribution in [2.75, 3.05) is 0 Å². The van der Waals surface area contributed by atoms with Gasteiger partial charge in [-0.2, -0.15) is 5.10 Å². The van der Waals surface area contributed by atoms with Crippen LogP contribution in [0.3, 0.4) is 0 Å². The van der Waals surface area contributed by atoms with Gasteiger partial charge in [0.05, 0.1) is 10.6 Å². The van der Waals surface area contributed by atoms with Gasteiger partial charge < -0.3 is 0 Å². The fraction of sp³-hybridized carbons (Fsp3) is 0.133. The molecule has 0 unspecified atom stereocenters. The van der Waals surface area contributed by atoms with Crippen molar-refractivity contribution in [3.63, 3.8) is 0 Å². The van der Waals surface area contributed by atoms with Crippen LogP contribution in [0, 0.1) is 17.0 Å². The highest BCUT2D eigenvalue weighted by Gasteiger charge is 2.14. The molecule has 22 heavy (non-hydrogen) atoms. The van der Waals surface area contributed by atoms with Gasteiger partial charge in [-0.05, 0) is 26.0 Å². The van der Waals surface area contributed by atoms with Crippen molar-refractivity contribution in [2.24, 2.45) is 5.10 Å². The van der Waals surface area contributed by atoms with Crippen LogP contribution in [0.15, 0.2) is 47.8 Å². The van der Waals surface area contributed by atoms with E-state index in [-0.39, 0.29) is 11.3 Å². The number of carbonyl (C=O) groups is 1. The minimum absolute atomic E-state index is 0.0967. The van der Waals surface area contributed by atoms with Crippen LogP contribution in [-0.2, 0) is 0 Å². The van der Waals surface area contributed by atoms with Crippen LogP contribution >= 0.6 is 0 Å². The fourth-order valence-corrected chi connectivity index (χ4v) is 1.79. The number of aromatic nitrogens is 1.